The molecule has 0 aromatic rings. The summed E-state index contributed by atoms with van der Waals surface area (Å²) in [4.78, 5) is 0. The highest BCUT2D eigenvalue weighted by molar-refractivity contribution is 8.93. The van der Waals surface area contributed by atoms with E-state index in [1.807, 2.05) is 0 Å². The van der Waals surface area contributed by atoms with Crippen LogP contribution in [0.3, 0.4) is 0 Å². The molecule has 0 aliphatic heterocycles. The van der Waals surface area contributed by atoms with Gasteiger partial charge in [0, 0.05) is 0 Å². The minimum absolute atomic E-state index is 0. The molecule has 154 valence electrons. The lowest BCUT2D eigenvalue weighted by molar-refractivity contribution is 0.430. The Hall–Kier alpha value is 0.480. The maximum atomic E-state index is 2.48. The summed E-state index contributed by atoms with van der Waals surface area (Å²) in [6.07, 6.45) is 29.3. The predicted molar refractivity (Wildman–Crippen MR) is 123 cm³/mol. The molecule has 0 bridgehead atoms. The molecule has 0 aromatic carbocycles. The summed E-state index contributed by atoms with van der Waals surface area (Å²) in [7, 11) is 0. The van der Waals surface area contributed by atoms with Gasteiger partial charge in [0.1, 0.15) is 0 Å². The van der Waals surface area contributed by atoms with E-state index in [1.165, 1.54) is 128 Å². The van der Waals surface area contributed by atoms with Crippen LogP contribution in [0.25, 0.3) is 0 Å². The Morgan fingerprint density at radius 2 is 0.640 bits per heavy atom. The molecule has 0 N–H and O–H groups in total. The maximum absolute atomic E-state index is 2.48. The smallest absolute Gasteiger partial charge is 0.0443 e. The third-order valence-electron chi connectivity index (χ3n) is 5.60. The van der Waals surface area contributed by atoms with E-state index in [4.69, 9.17) is 0 Å². The van der Waals surface area contributed by atoms with E-state index in [-0.39, 0.29) is 17.0 Å². The lowest BCUT2D eigenvalue weighted by atomic mass is 9.95. The van der Waals surface area contributed by atoms with Crippen molar-refractivity contribution in [2.75, 3.05) is 0 Å². The summed E-state index contributed by atoms with van der Waals surface area (Å²) in [6.45, 7) is 7.08. The monoisotopic (exact) mass is 418 g/mol. The zero-order chi connectivity index (χ0) is 17.7. The summed E-state index contributed by atoms with van der Waals surface area (Å²) >= 11 is 0. The van der Waals surface area contributed by atoms with Crippen molar-refractivity contribution in [2.24, 2.45) is 5.92 Å². The van der Waals surface area contributed by atoms with Gasteiger partial charge in [-0.05, 0) is 5.92 Å². The minimum atomic E-state index is 0. The van der Waals surface area contributed by atoms with Gasteiger partial charge in [0.2, 0.25) is 0 Å². The standard InChI is InChI=1S/C24H50.BrH/c1-4-6-8-10-12-14-15-17-19-21-23-24(3)22-20-18-16-13-11-9-7-5-2;/h24H,4-23H2,1-3H3;1H. The summed E-state index contributed by atoms with van der Waals surface area (Å²) in [6, 6.07) is 0. The molecule has 25 heavy (non-hydrogen) atoms. The molecule has 0 saturated heterocycles. The minimum Gasteiger partial charge on any atom is -0.114 e. The number of hydrogen-bond acceptors (Lipinski definition) is 0. The molecule has 0 aliphatic carbocycles. The van der Waals surface area contributed by atoms with Crippen LogP contribution in [0.5, 0.6) is 0 Å². The number of rotatable bonds is 20. The van der Waals surface area contributed by atoms with Gasteiger partial charge in [-0.15, -0.1) is 17.0 Å². The van der Waals surface area contributed by atoms with E-state index in [9.17, 15) is 0 Å². The molecule has 1 atom stereocenters. The Bertz CT molecular complexity index is 214. The summed E-state index contributed by atoms with van der Waals surface area (Å²) in [5, 5.41) is 0. The van der Waals surface area contributed by atoms with Crippen LogP contribution in [-0.4, -0.2) is 0 Å². The highest BCUT2D eigenvalue weighted by Crippen LogP contribution is 2.19. The molecule has 0 nitrogen and oxygen atoms in total. The first-order valence-electron chi connectivity index (χ1n) is 11.8. The Kier molecular flexibility index (Phi) is 27.1. The second kappa shape index (κ2) is 24.5. The van der Waals surface area contributed by atoms with Gasteiger partial charge in [0.25, 0.3) is 0 Å². The first kappa shape index (κ1) is 27.7. The van der Waals surface area contributed by atoms with Crippen molar-refractivity contribution in [1.82, 2.24) is 0 Å². The largest absolute Gasteiger partial charge is 0.114 e. The summed E-state index contributed by atoms with van der Waals surface area (Å²) in [5.74, 6) is 0.971. The van der Waals surface area contributed by atoms with Crippen molar-refractivity contribution in [2.45, 2.75) is 149 Å². The van der Waals surface area contributed by atoms with Gasteiger partial charge in [-0.25, -0.2) is 0 Å². The summed E-state index contributed by atoms with van der Waals surface area (Å²) in [5.41, 5.74) is 0. The van der Waals surface area contributed by atoms with Gasteiger partial charge in [-0.3, -0.25) is 0 Å². The topological polar surface area (TPSA) is 0 Å². The fraction of sp³-hybridized carbons (Fsp3) is 1.00. The van der Waals surface area contributed by atoms with Crippen LogP contribution < -0.4 is 0 Å². The highest BCUT2D eigenvalue weighted by Gasteiger charge is 2.02. The molecular weight excluding hydrogens is 368 g/mol. The lowest BCUT2D eigenvalue weighted by Crippen LogP contribution is -1.95. The van der Waals surface area contributed by atoms with E-state index < -0.39 is 0 Å². The Balaban J connectivity index is 0. The molecule has 0 heterocycles. The van der Waals surface area contributed by atoms with Gasteiger partial charge in [0.15, 0.2) is 0 Å². The lowest BCUT2D eigenvalue weighted by Gasteiger charge is -2.11. The molecule has 0 saturated carbocycles. The Morgan fingerprint density at radius 3 is 0.920 bits per heavy atom. The van der Waals surface area contributed by atoms with Crippen LogP contribution in [0.2, 0.25) is 0 Å². The van der Waals surface area contributed by atoms with Gasteiger partial charge in [0.05, 0.1) is 0 Å². The van der Waals surface area contributed by atoms with Crippen molar-refractivity contribution in [3.8, 4) is 0 Å². The van der Waals surface area contributed by atoms with Gasteiger partial charge < -0.3 is 0 Å². The molecular formula is C24H51Br. The third-order valence-corrected chi connectivity index (χ3v) is 5.60. The van der Waals surface area contributed by atoms with Crippen LogP contribution in [0.4, 0.5) is 0 Å². The number of unbranched alkanes of at least 4 members (excludes halogenated alkanes) is 16. The van der Waals surface area contributed by atoms with Gasteiger partial charge in [-0.1, -0.05) is 149 Å². The number of hydrogen-bond donors (Lipinski definition) is 0. The van der Waals surface area contributed by atoms with Gasteiger partial charge >= 0.3 is 0 Å². The molecule has 0 rings (SSSR count). The van der Waals surface area contributed by atoms with Crippen LogP contribution in [0, 0.1) is 5.92 Å². The van der Waals surface area contributed by atoms with E-state index in [1.54, 1.807) is 0 Å². The van der Waals surface area contributed by atoms with Crippen LogP contribution in [-0.2, 0) is 0 Å². The average molecular weight is 420 g/mol. The van der Waals surface area contributed by atoms with Crippen LogP contribution in [0.1, 0.15) is 149 Å². The molecule has 0 aromatic heterocycles. The molecule has 0 radical (unpaired) electrons. The van der Waals surface area contributed by atoms with Crippen molar-refractivity contribution in [1.29, 1.82) is 0 Å². The molecule has 1 unspecified atom stereocenters. The van der Waals surface area contributed by atoms with Gasteiger partial charge in [-0.2, -0.15) is 0 Å². The van der Waals surface area contributed by atoms with Crippen molar-refractivity contribution < 1.29 is 0 Å². The molecule has 0 spiro atoms. The van der Waals surface area contributed by atoms with E-state index in [0.717, 1.165) is 5.92 Å². The van der Waals surface area contributed by atoms with E-state index >= 15 is 0 Å². The van der Waals surface area contributed by atoms with E-state index in [0.29, 0.717) is 0 Å². The first-order valence-corrected chi connectivity index (χ1v) is 11.8. The normalized spacial score (nSPS) is 12.1. The molecule has 0 aliphatic rings. The Labute approximate surface area is 172 Å². The predicted octanol–water partition coefficient (Wildman–Crippen LogP) is 10.0. The second-order valence-corrected chi connectivity index (χ2v) is 8.34. The summed E-state index contributed by atoms with van der Waals surface area (Å²) < 4.78 is 0. The molecule has 1 heteroatoms. The third kappa shape index (κ3) is 24.5. The fourth-order valence-corrected chi connectivity index (χ4v) is 3.75. The van der Waals surface area contributed by atoms with Crippen molar-refractivity contribution in [3.63, 3.8) is 0 Å². The van der Waals surface area contributed by atoms with Crippen molar-refractivity contribution in [3.05, 3.63) is 0 Å². The molecule has 0 amide bonds. The average Bonchev–Trinajstić information content (AvgIpc) is 2.59. The van der Waals surface area contributed by atoms with Crippen LogP contribution >= 0.6 is 17.0 Å². The zero-order valence-corrected chi connectivity index (χ0v) is 19.8. The van der Waals surface area contributed by atoms with Crippen LogP contribution in [0.15, 0.2) is 0 Å². The number of halogens is 1. The second-order valence-electron chi connectivity index (χ2n) is 8.34. The molecule has 0 fully saturated rings. The van der Waals surface area contributed by atoms with Crippen molar-refractivity contribution >= 4 is 17.0 Å². The fourth-order valence-electron chi connectivity index (χ4n) is 3.75. The Morgan fingerprint density at radius 1 is 0.400 bits per heavy atom. The van der Waals surface area contributed by atoms with E-state index in [2.05, 4.69) is 20.8 Å². The zero-order valence-electron chi connectivity index (χ0n) is 18.1. The maximum Gasteiger partial charge on any atom is -0.0443 e. The SMILES string of the molecule is Br.CCCCCCCCCCCCC(C)CCCCCCCCCC. The quantitative estimate of drug-likeness (QED) is 0.172. The highest BCUT2D eigenvalue weighted by atomic mass is 79.9. The first-order chi connectivity index (χ1) is 11.8.